The van der Waals surface area contributed by atoms with Crippen LogP contribution in [0.25, 0.3) is 0 Å². The van der Waals surface area contributed by atoms with Gasteiger partial charge in [-0.3, -0.25) is 4.90 Å². The lowest BCUT2D eigenvalue weighted by Gasteiger charge is -2.34. The van der Waals surface area contributed by atoms with Gasteiger partial charge in [-0.05, 0) is 44.3 Å². The van der Waals surface area contributed by atoms with Gasteiger partial charge in [-0.25, -0.2) is 0 Å². The van der Waals surface area contributed by atoms with Crippen LogP contribution < -0.4 is 0 Å². The number of aromatic nitrogens is 3. The van der Waals surface area contributed by atoms with Gasteiger partial charge in [0, 0.05) is 7.05 Å². The molecule has 2 heterocycles. The van der Waals surface area contributed by atoms with Gasteiger partial charge in [-0.1, -0.05) is 30.3 Å². The highest BCUT2D eigenvalue weighted by Crippen LogP contribution is 2.30. The van der Waals surface area contributed by atoms with Crippen LogP contribution in [-0.4, -0.2) is 37.9 Å². The first-order chi connectivity index (χ1) is 10.6. The second-order valence-electron chi connectivity index (χ2n) is 6.19. The summed E-state index contributed by atoms with van der Waals surface area (Å²) in [5.74, 6) is 2.31. The van der Waals surface area contributed by atoms with Crippen LogP contribution in [0.5, 0.6) is 0 Å². The quantitative estimate of drug-likeness (QED) is 0.939. The Kier molecular flexibility index (Phi) is 4.55. The summed E-state index contributed by atoms with van der Waals surface area (Å²) < 4.78 is 2.05. The minimum absolute atomic E-state index is 0.347. The zero-order valence-corrected chi connectivity index (χ0v) is 13.3. The maximum absolute atomic E-state index is 10.5. The van der Waals surface area contributed by atoms with Gasteiger partial charge in [-0.2, -0.15) is 0 Å². The molecule has 5 heteroatoms. The van der Waals surface area contributed by atoms with E-state index in [0.29, 0.717) is 5.92 Å². The smallest absolute Gasteiger partial charge is 0.146 e. The topological polar surface area (TPSA) is 54.2 Å². The summed E-state index contributed by atoms with van der Waals surface area (Å²) in [5.41, 5.74) is 1.03. The minimum atomic E-state index is -0.347. The van der Waals surface area contributed by atoms with Crippen molar-refractivity contribution in [2.24, 2.45) is 13.0 Å². The van der Waals surface area contributed by atoms with E-state index in [0.717, 1.165) is 49.7 Å². The number of likely N-dealkylation sites (tertiary alicyclic amines) is 1. The number of piperidine rings is 1. The summed E-state index contributed by atoms with van der Waals surface area (Å²) >= 11 is 0. The Hall–Kier alpha value is -1.72. The van der Waals surface area contributed by atoms with Gasteiger partial charge in [0.2, 0.25) is 0 Å². The molecule has 1 aliphatic heterocycles. The average Bonchev–Trinajstić information content (AvgIpc) is 2.88. The lowest BCUT2D eigenvalue weighted by molar-refractivity contribution is 0.0558. The van der Waals surface area contributed by atoms with Crippen LogP contribution >= 0.6 is 0 Å². The molecule has 1 N–H and O–H groups in total. The SMILES string of the molecule is Cc1nnc(CN2CCC(C(O)c3ccccc3)CC2)n1C. The molecule has 1 saturated heterocycles. The molecule has 1 atom stereocenters. The molecule has 1 unspecified atom stereocenters. The molecule has 1 aliphatic rings. The van der Waals surface area contributed by atoms with Gasteiger partial charge in [0.25, 0.3) is 0 Å². The number of hydrogen-bond acceptors (Lipinski definition) is 4. The number of aryl methyl sites for hydroxylation is 1. The second kappa shape index (κ2) is 6.58. The average molecular weight is 300 g/mol. The second-order valence-corrected chi connectivity index (χ2v) is 6.19. The van der Waals surface area contributed by atoms with Crippen molar-refractivity contribution in [3.05, 3.63) is 47.5 Å². The maximum Gasteiger partial charge on any atom is 0.146 e. The highest BCUT2D eigenvalue weighted by Gasteiger charge is 2.26. The largest absolute Gasteiger partial charge is 0.388 e. The lowest BCUT2D eigenvalue weighted by Crippen LogP contribution is -2.35. The van der Waals surface area contributed by atoms with Crippen LogP contribution in [0.1, 0.15) is 36.2 Å². The summed E-state index contributed by atoms with van der Waals surface area (Å²) in [6.45, 7) is 4.81. The molecule has 0 aliphatic carbocycles. The molecule has 1 aromatic heterocycles. The molecule has 0 saturated carbocycles. The molecule has 3 rings (SSSR count). The zero-order chi connectivity index (χ0) is 15.5. The summed E-state index contributed by atoms with van der Waals surface area (Å²) in [6.07, 6.45) is 1.69. The molecule has 118 valence electrons. The summed E-state index contributed by atoms with van der Waals surface area (Å²) in [7, 11) is 2.01. The van der Waals surface area contributed by atoms with Gasteiger partial charge in [0.05, 0.1) is 12.6 Å². The summed E-state index contributed by atoms with van der Waals surface area (Å²) in [6, 6.07) is 9.99. The fourth-order valence-corrected chi connectivity index (χ4v) is 3.14. The number of aliphatic hydroxyl groups excluding tert-OH is 1. The fourth-order valence-electron chi connectivity index (χ4n) is 3.14. The van der Waals surface area contributed by atoms with E-state index in [1.807, 2.05) is 48.9 Å². The molecular weight excluding hydrogens is 276 g/mol. The molecular formula is C17H24N4O. The minimum Gasteiger partial charge on any atom is -0.388 e. The Morgan fingerprint density at radius 1 is 1.18 bits per heavy atom. The maximum atomic E-state index is 10.5. The Balaban J connectivity index is 1.55. The molecule has 1 fully saturated rings. The van der Waals surface area contributed by atoms with Crippen LogP contribution in [0.2, 0.25) is 0 Å². The zero-order valence-electron chi connectivity index (χ0n) is 13.3. The molecule has 0 spiro atoms. The molecule has 0 bridgehead atoms. The fraction of sp³-hybridized carbons (Fsp3) is 0.529. The Bertz CT molecular complexity index is 602. The van der Waals surface area contributed by atoms with E-state index in [4.69, 9.17) is 0 Å². The Labute approximate surface area is 131 Å². The van der Waals surface area contributed by atoms with Crippen molar-refractivity contribution in [3.63, 3.8) is 0 Å². The Morgan fingerprint density at radius 3 is 2.45 bits per heavy atom. The number of nitrogens with zero attached hydrogens (tertiary/aromatic N) is 4. The molecule has 22 heavy (non-hydrogen) atoms. The predicted octanol–water partition coefficient (Wildman–Crippen LogP) is 2.07. The molecule has 0 radical (unpaired) electrons. The van der Waals surface area contributed by atoms with Crippen molar-refractivity contribution in [2.45, 2.75) is 32.4 Å². The highest BCUT2D eigenvalue weighted by molar-refractivity contribution is 5.18. The van der Waals surface area contributed by atoms with Crippen LogP contribution in [0.4, 0.5) is 0 Å². The number of rotatable bonds is 4. The third-order valence-electron chi connectivity index (χ3n) is 4.77. The monoisotopic (exact) mass is 300 g/mol. The van der Waals surface area contributed by atoms with Gasteiger partial charge in [-0.15, -0.1) is 10.2 Å². The van der Waals surface area contributed by atoms with E-state index in [1.165, 1.54) is 0 Å². The summed E-state index contributed by atoms with van der Waals surface area (Å²) in [5, 5.41) is 18.9. The molecule has 1 aromatic carbocycles. The van der Waals surface area contributed by atoms with Gasteiger partial charge >= 0.3 is 0 Å². The number of hydrogen-bond donors (Lipinski definition) is 1. The number of benzene rings is 1. The van der Waals surface area contributed by atoms with Crippen molar-refractivity contribution in [3.8, 4) is 0 Å². The van der Waals surface area contributed by atoms with E-state index in [1.54, 1.807) is 0 Å². The van der Waals surface area contributed by atoms with Crippen LogP contribution in [0, 0.1) is 12.8 Å². The van der Waals surface area contributed by atoms with Crippen LogP contribution in [-0.2, 0) is 13.6 Å². The first-order valence-corrected chi connectivity index (χ1v) is 7.95. The lowest BCUT2D eigenvalue weighted by atomic mass is 9.87. The first-order valence-electron chi connectivity index (χ1n) is 7.95. The van der Waals surface area contributed by atoms with E-state index in [-0.39, 0.29) is 6.10 Å². The van der Waals surface area contributed by atoms with Gasteiger partial charge in [0.15, 0.2) is 0 Å². The predicted molar refractivity (Wildman–Crippen MR) is 85.1 cm³/mol. The van der Waals surface area contributed by atoms with E-state index < -0.39 is 0 Å². The van der Waals surface area contributed by atoms with Crippen molar-refractivity contribution in [2.75, 3.05) is 13.1 Å². The van der Waals surface area contributed by atoms with Crippen LogP contribution in [0.3, 0.4) is 0 Å². The summed E-state index contributed by atoms with van der Waals surface area (Å²) in [4.78, 5) is 2.40. The highest BCUT2D eigenvalue weighted by atomic mass is 16.3. The van der Waals surface area contributed by atoms with E-state index in [2.05, 4.69) is 15.1 Å². The van der Waals surface area contributed by atoms with Crippen molar-refractivity contribution < 1.29 is 5.11 Å². The third kappa shape index (κ3) is 3.20. The first kappa shape index (κ1) is 15.2. The standard InChI is InChI=1S/C17H24N4O/c1-13-18-19-16(20(13)2)12-21-10-8-15(9-11-21)17(22)14-6-4-3-5-7-14/h3-7,15,17,22H,8-12H2,1-2H3. The van der Waals surface area contributed by atoms with Gasteiger partial charge < -0.3 is 9.67 Å². The Morgan fingerprint density at radius 2 is 1.86 bits per heavy atom. The van der Waals surface area contributed by atoms with Crippen molar-refractivity contribution in [1.82, 2.24) is 19.7 Å². The van der Waals surface area contributed by atoms with E-state index >= 15 is 0 Å². The molecule has 0 amide bonds. The molecule has 2 aromatic rings. The van der Waals surface area contributed by atoms with Crippen molar-refractivity contribution in [1.29, 1.82) is 0 Å². The third-order valence-corrected chi connectivity index (χ3v) is 4.77. The number of aliphatic hydroxyl groups is 1. The van der Waals surface area contributed by atoms with Crippen molar-refractivity contribution >= 4 is 0 Å². The van der Waals surface area contributed by atoms with Gasteiger partial charge in [0.1, 0.15) is 11.6 Å². The van der Waals surface area contributed by atoms with Crippen LogP contribution in [0.15, 0.2) is 30.3 Å². The molecule has 5 nitrogen and oxygen atoms in total. The normalized spacial score (nSPS) is 18.5. The van der Waals surface area contributed by atoms with E-state index in [9.17, 15) is 5.11 Å².